The average Bonchev–Trinajstić information content (AvgIpc) is 2.83. The Labute approximate surface area is 107 Å². The minimum Gasteiger partial charge on any atom is -0.465 e. The van der Waals surface area contributed by atoms with E-state index < -0.39 is 5.41 Å². The number of aromatic nitrogens is 3. The molecule has 2 heterocycles. The highest BCUT2D eigenvalue weighted by atomic mass is 32.1. The molecule has 1 aliphatic carbocycles. The van der Waals surface area contributed by atoms with Crippen molar-refractivity contribution in [3.63, 3.8) is 0 Å². The van der Waals surface area contributed by atoms with E-state index in [4.69, 9.17) is 9.26 Å². The fourth-order valence-electron chi connectivity index (χ4n) is 1.74. The second-order valence-corrected chi connectivity index (χ2v) is 4.82. The number of carbonyl (C=O) groups excluding carboxylic acids is 1. The van der Waals surface area contributed by atoms with E-state index in [1.54, 1.807) is 12.4 Å². The Morgan fingerprint density at radius 3 is 3.06 bits per heavy atom. The van der Waals surface area contributed by atoms with E-state index in [1.165, 1.54) is 11.3 Å². The number of hydrogen-bond donors (Lipinski definition) is 0. The zero-order valence-corrected chi connectivity index (χ0v) is 10.6. The van der Waals surface area contributed by atoms with Crippen molar-refractivity contribution in [2.24, 2.45) is 0 Å². The molecule has 2 aromatic rings. The second kappa shape index (κ2) is 4.16. The summed E-state index contributed by atoms with van der Waals surface area (Å²) in [5, 5.41) is 5.69. The summed E-state index contributed by atoms with van der Waals surface area (Å²) in [5.41, 5.74) is 1.65. The summed E-state index contributed by atoms with van der Waals surface area (Å²) in [4.78, 5) is 20.2. The number of carbonyl (C=O) groups is 1. The fraction of sp³-hybridized carbons (Fsp3) is 0.455. The highest BCUT2D eigenvalue weighted by Crippen LogP contribution is 2.48. The largest absolute Gasteiger partial charge is 0.465 e. The smallest absolute Gasteiger partial charge is 0.321 e. The molecule has 3 rings (SSSR count). The highest BCUT2D eigenvalue weighted by Gasteiger charge is 2.57. The van der Waals surface area contributed by atoms with Crippen LogP contribution < -0.4 is 0 Å². The van der Waals surface area contributed by atoms with Crippen molar-refractivity contribution in [2.75, 3.05) is 6.61 Å². The lowest BCUT2D eigenvalue weighted by Gasteiger charge is -2.07. The molecule has 1 aliphatic rings. The van der Waals surface area contributed by atoms with Gasteiger partial charge in [0, 0.05) is 5.38 Å². The summed E-state index contributed by atoms with van der Waals surface area (Å²) < 4.78 is 10.2. The highest BCUT2D eigenvalue weighted by molar-refractivity contribution is 7.07. The maximum Gasteiger partial charge on any atom is 0.321 e. The molecule has 0 aromatic carbocycles. The van der Waals surface area contributed by atoms with E-state index in [-0.39, 0.29) is 5.97 Å². The standard InChI is InChI=1S/C11H11N3O3S/c1-2-16-10(15)11(3-4-11)9-13-8(14-17-9)7-5-18-6-12-7/h5-6H,2-4H2,1H3. The molecule has 1 saturated carbocycles. The maximum atomic E-state index is 11.9. The normalized spacial score (nSPS) is 16.5. The van der Waals surface area contributed by atoms with E-state index in [2.05, 4.69) is 15.1 Å². The minimum atomic E-state index is -0.711. The molecule has 6 nitrogen and oxygen atoms in total. The Hall–Kier alpha value is -1.76. The van der Waals surface area contributed by atoms with Crippen LogP contribution in [-0.2, 0) is 14.9 Å². The van der Waals surface area contributed by atoms with Gasteiger partial charge < -0.3 is 9.26 Å². The quantitative estimate of drug-likeness (QED) is 0.784. The van der Waals surface area contributed by atoms with Gasteiger partial charge in [-0.2, -0.15) is 4.98 Å². The number of esters is 1. The van der Waals surface area contributed by atoms with Gasteiger partial charge in [0.1, 0.15) is 11.1 Å². The van der Waals surface area contributed by atoms with Crippen molar-refractivity contribution >= 4 is 17.3 Å². The number of ether oxygens (including phenoxy) is 1. The molecule has 0 saturated heterocycles. The van der Waals surface area contributed by atoms with Gasteiger partial charge in [-0.05, 0) is 19.8 Å². The lowest BCUT2D eigenvalue weighted by molar-refractivity contribution is -0.146. The third kappa shape index (κ3) is 1.71. The zero-order valence-electron chi connectivity index (χ0n) is 9.75. The molecule has 0 bridgehead atoms. The van der Waals surface area contributed by atoms with E-state index in [1.807, 2.05) is 5.38 Å². The van der Waals surface area contributed by atoms with Crippen molar-refractivity contribution in [2.45, 2.75) is 25.2 Å². The summed E-state index contributed by atoms with van der Waals surface area (Å²) in [6.07, 6.45) is 1.40. The van der Waals surface area contributed by atoms with E-state index in [0.717, 1.165) is 0 Å². The predicted octanol–water partition coefficient (Wildman–Crippen LogP) is 1.79. The summed E-state index contributed by atoms with van der Waals surface area (Å²) in [7, 11) is 0. The zero-order chi connectivity index (χ0) is 12.6. The second-order valence-electron chi connectivity index (χ2n) is 4.10. The van der Waals surface area contributed by atoms with Crippen LogP contribution in [-0.4, -0.2) is 27.7 Å². The topological polar surface area (TPSA) is 78.1 Å². The molecule has 0 spiro atoms. The third-order valence-corrected chi connectivity index (χ3v) is 3.50. The van der Waals surface area contributed by atoms with Crippen molar-refractivity contribution < 1.29 is 14.1 Å². The van der Waals surface area contributed by atoms with Gasteiger partial charge in [-0.15, -0.1) is 11.3 Å². The molecule has 0 aliphatic heterocycles. The van der Waals surface area contributed by atoms with Crippen LogP contribution in [0.4, 0.5) is 0 Å². The van der Waals surface area contributed by atoms with Gasteiger partial charge in [0.05, 0.1) is 12.1 Å². The fourth-order valence-corrected chi connectivity index (χ4v) is 2.27. The molecule has 1 fully saturated rings. The van der Waals surface area contributed by atoms with E-state index >= 15 is 0 Å². The van der Waals surface area contributed by atoms with Crippen LogP contribution in [0.25, 0.3) is 11.5 Å². The third-order valence-electron chi connectivity index (χ3n) is 2.91. The van der Waals surface area contributed by atoms with Gasteiger partial charge in [0.15, 0.2) is 0 Å². The van der Waals surface area contributed by atoms with Crippen LogP contribution >= 0.6 is 11.3 Å². The molecule has 0 N–H and O–H groups in total. The molecule has 2 aromatic heterocycles. The monoisotopic (exact) mass is 265 g/mol. The van der Waals surface area contributed by atoms with Gasteiger partial charge in [0.2, 0.25) is 11.7 Å². The lowest BCUT2D eigenvalue weighted by atomic mass is 10.1. The predicted molar refractivity (Wildman–Crippen MR) is 63.0 cm³/mol. The molecule has 0 atom stereocenters. The first-order valence-corrected chi connectivity index (χ1v) is 6.60. The van der Waals surface area contributed by atoms with Gasteiger partial charge in [-0.25, -0.2) is 4.98 Å². The van der Waals surface area contributed by atoms with Crippen molar-refractivity contribution in [3.05, 3.63) is 16.8 Å². The Kier molecular flexibility index (Phi) is 2.62. The molecule has 0 radical (unpaired) electrons. The molecule has 94 valence electrons. The first-order chi connectivity index (χ1) is 8.76. The van der Waals surface area contributed by atoms with Crippen LogP contribution in [0.5, 0.6) is 0 Å². The minimum absolute atomic E-state index is 0.279. The number of thiazole rings is 1. The first-order valence-electron chi connectivity index (χ1n) is 5.66. The average molecular weight is 265 g/mol. The Morgan fingerprint density at radius 1 is 1.61 bits per heavy atom. The maximum absolute atomic E-state index is 11.9. The van der Waals surface area contributed by atoms with Gasteiger partial charge in [-0.3, -0.25) is 4.79 Å². The van der Waals surface area contributed by atoms with Crippen LogP contribution in [0.1, 0.15) is 25.7 Å². The van der Waals surface area contributed by atoms with E-state index in [0.29, 0.717) is 36.9 Å². The molecule has 7 heteroatoms. The Morgan fingerprint density at radius 2 is 2.44 bits per heavy atom. The molecular weight excluding hydrogens is 254 g/mol. The van der Waals surface area contributed by atoms with Crippen LogP contribution in [0.2, 0.25) is 0 Å². The number of rotatable bonds is 4. The van der Waals surface area contributed by atoms with Gasteiger partial charge in [-0.1, -0.05) is 5.16 Å². The number of nitrogens with zero attached hydrogens (tertiary/aromatic N) is 3. The molecule has 18 heavy (non-hydrogen) atoms. The molecule has 0 amide bonds. The lowest BCUT2D eigenvalue weighted by Crippen LogP contribution is -2.23. The van der Waals surface area contributed by atoms with Crippen molar-refractivity contribution in [1.29, 1.82) is 0 Å². The summed E-state index contributed by atoms with van der Waals surface area (Å²) in [6, 6.07) is 0. The Bertz CT molecular complexity index is 560. The van der Waals surface area contributed by atoms with Crippen LogP contribution in [0.3, 0.4) is 0 Å². The Balaban J connectivity index is 1.88. The summed E-state index contributed by atoms with van der Waals surface area (Å²) in [5.74, 6) is 0.476. The van der Waals surface area contributed by atoms with Crippen molar-refractivity contribution in [3.8, 4) is 11.5 Å². The first kappa shape index (κ1) is 11.3. The van der Waals surface area contributed by atoms with Crippen LogP contribution in [0, 0.1) is 0 Å². The van der Waals surface area contributed by atoms with Gasteiger partial charge in [0.25, 0.3) is 0 Å². The van der Waals surface area contributed by atoms with Crippen LogP contribution in [0.15, 0.2) is 15.4 Å². The van der Waals surface area contributed by atoms with Crippen molar-refractivity contribution in [1.82, 2.24) is 15.1 Å². The van der Waals surface area contributed by atoms with Gasteiger partial charge >= 0.3 is 5.97 Å². The SMILES string of the molecule is CCOC(=O)C1(c2nc(-c3cscn3)no2)CC1. The molecule has 0 unspecified atom stereocenters. The summed E-state index contributed by atoms with van der Waals surface area (Å²) in [6.45, 7) is 2.14. The summed E-state index contributed by atoms with van der Waals surface area (Å²) >= 11 is 1.46. The number of hydrogen-bond acceptors (Lipinski definition) is 7. The molecular formula is C11H11N3O3S. The van der Waals surface area contributed by atoms with E-state index in [9.17, 15) is 4.79 Å².